The minimum Gasteiger partial charge on any atom is -0.507 e. The van der Waals surface area contributed by atoms with Crippen LogP contribution in [0.5, 0.6) is 5.75 Å². The topological polar surface area (TPSA) is 70.1 Å². The third-order valence-electron chi connectivity index (χ3n) is 6.48. The van der Waals surface area contributed by atoms with Crippen molar-refractivity contribution in [3.8, 4) is 5.75 Å². The molecule has 1 amide bonds. The highest BCUT2D eigenvalue weighted by Crippen LogP contribution is 2.42. The van der Waals surface area contributed by atoms with Gasteiger partial charge in [-0.3, -0.25) is 14.5 Å². The molecule has 6 nitrogen and oxygen atoms in total. The zero-order valence-electron chi connectivity index (χ0n) is 21.2. The number of hydrogen-bond donors (Lipinski definition) is 1. The van der Waals surface area contributed by atoms with Gasteiger partial charge in [0.05, 0.1) is 18.2 Å². The van der Waals surface area contributed by atoms with Crippen molar-refractivity contribution < 1.29 is 19.4 Å². The standard InChI is InChI=1S/C30H32N2O4/c1-5-31(6-2)23-16-14-21(15-17-23)27-26(28(33)22-11-9-13-25(19-22)36-7-3)29(34)30(35)32(27)24-12-8-10-20(4)18-24/h8-19,27,33H,5-7H2,1-4H3/b28-26+. The number of carbonyl (C=O) groups is 2. The number of ether oxygens (including phenoxy) is 1. The van der Waals surface area contributed by atoms with Gasteiger partial charge in [0.2, 0.25) is 0 Å². The molecule has 4 rings (SSSR count). The Bertz CT molecular complexity index is 1290. The lowest BCUT2D eigenvalue weighted by Gasteiger charge is -2.27. The summed E-state index contributed by atoms with van der Waals surface area (Å²) < 4.78 is 5.58. The Morgan fingerprint density at radius 3 is 2.28 bits per heavy atom. The molecule has 1 atom stereocenters. The van der Waals surface area contributed by atoms with Crippen molar-refractivity contribution in [1.82, 2.24) is 0 Å². The second-order valence-corrected chi connectivity index (χ2v) is 8.73. The van der Waals surface area contributed by atoms with Crippen molar-refractivity contribution in [2.24, 2.45) is 0 Å². The van der Waals surface area contributed by atoms with E-state index in [1.54, 1.807) is 24.3 Å². The van der Waals surface area contributed by atoms with Crippen LogP contribution < -0.4 is 14.5 Å². The third kappa shape index (κ3) is 4.71. The number of aliphatic hydroxyl groups excluding tert-OH is 1. The molecule has 3 aromatic carbocycles. The number of carbonyl (C=O) groups excluding carboxylic acids is 2. The minimum atomic E-state index is -0.770. The van der Waals surface area contributed by atoms with Crippen LogP contribution in [0.15, 0.2) is 78.4 Å². The van der Waals surface area contributed by atoms with Crippen molar-refractivity contribution in [3.05, 3.63) is 95.1 Å². The van der Waals surface area contributed by atoms with E-state index in [0.29, 0.717) is 23.6 Å². The Hall–Kier alpha value is -4.06. The molecule has 1 saturated heterocycles. The van der Waals surface area contributed by atoms with Crippen LogP contribution >= 0.6 is 0 Å². The van der Waals surface area contributed by atoms with Crippen LogP contribution in [0.1, 0.15) is 43.5 Å². The van der Waals surface area contributed by atoms with Crippen molar-refractivity contribution in [2.75, 3.05) is 29.5 Å². The summed E-state index contributed by atoms with van der Waals surface area (Å²) >= 11 is 0. The summed E-state index contributed by atoms with van der Waals surface area (Å²) in [5.41, 5.74) is 3.86. The van der Waals surface area contributed by atoms with Crippen molar-refractivity contribution in [3.63, 3.8) is 0 Å². The zero-order valence-corrected chi connectivity index (χ0v) is 21.2. The lowest BCUT2D eigenvalue weighted by molar-refractivity contribution is -0.132. The van der Waals surface area contributed by atoms with Crippen molar-refractivity contribution in [2.45, 2.75) is 33.7 Å². The number of anilines is 2. The first-order chi connectivity index (χ1) is 17.4. The molecule has 0 aromatic heterocycles. The van der Waals surface area contributed by atoms with Gasteiger partial charge in [0, 0.05) is 30.0 Å². The van der Waals surface area contributed by atoms with E-state index in [0.717, 1.165) is 29.9 Å². The number of amides is 1. The van der Waals surface area contributed by atoms with Gasteiger partial charge < -0.3 is 14.7 Å². The van der Waals surface area contributed by atoms with E-state index in [1.165, 1.54) is 4.90 Å². The molecule has 0 bridgehead atoms. The normalized spacial score (nSPS) is 16.9. The van der Waals surface area contributed by atoms with E-state index < -0.39 is 17.7 Å². The second-order valence-electron chi connectivity index (χ2n) is 8.73. The first kappa shape index (κ1) is 25.0. The molecule has 1 fully saturated rings. The predicted octanol–water partition coefficient (Wildman–Crippen LogP) is 5.87. The van der Waals surface area contributed by atoms with Crippen LogP contribution in [-0.4, -0.2) is 36.5 Å². The molecule has 0 saturated carbocycles. The first-order valence-electron chi connectivity index (χ1n) is 12.3. The number of nitrogens with zero attached hydrogens (tertiary/aromatic N) is 2. The van der Waals surface area contributed by atoms with Crippen LogP contribution in [0, 0.1) is 6.92 Å². The first-order valence-corrected chi connectivity index (χ1v) is 12.3. The molecule has 0 spiro atoms. The molecule has 186 valence electrons. The molecule has 1 aliphatic heterocycles. The van der Waals surface area contributed by atoms with Gasteiger partial charge in [-0.05, 0) is 75.2 Å². The molecule has 36 heavy (non-hydrogen) atoms. The summed E-state index contributed by atoms with van der Waals surface area (Å²) in [6.45, 7) is 10.2. The zero-order chi connectivity index (χ0) is 25.8. The summed E-state index contributed by atoms with van der Waals surface area (Å²) in [5, 5.41) is 11.4. The quantitative estimate of drug-likeness (QED) is 0.246. The Morgan fingerprint density at radius 1 is 0.944 bits per heavy atom. The number of Topliss-reactive ketones (excluding diaryl/α,β-unsaturated/α-hetero) is 1. The molecule has 0 aliphatic carbocycles. The number of benzene rings is 3. The average Bonchev–Trinajstić information content (AvgIpc) is 3.15. The van der Waals surface area contributed by atoms with Crippen LogP contribution in [-0.2, 0) is 9.59 Å². The second kappa shape index (κ2) is 10.7. The number of aryl methyl sites for hydroxylation is 1. The highest BCUT2D eigenvalue weighted by atomic mass is 16.5. The lowest BCUT2D eigenvalue weighted by atomic mass is 9.94. The van der Waals surface area contributed by atoms with Crippen LogP contribution in [0.4, 0.5) is 11.4 Å². The summed E-state index contributed by atoms with van der Waals surface area (Å²) in [4.78, 5) is 30.5. The summed E-state index contributed by atoms with van der Waals surface area (Å²) in [6.07, 6.45) is 0. The monoisotopic (exact) mass is 484 g/mol. The molecular weight excluding hydrogens is 452 g/mol. The van der Waals surface area contributed by atoms with Crippen LogP contribution in [0.2, 0.25) is 0 Å². The summed E-state index contributed by atoms with van der Waals surface area (Å²) in [7, 11) is 0. The number of rotatable bonds is 8. The smallest absolute Gasteiger partial charge is 0.300 e. The van der Waals surface area contributed by atoms with Gasteiger partial charge >= 0.3 is 0 Å². The Kier molecular flexibility index (Phi) is 7.44. The van der Waals surface area contributed by atoms with Gasteiger partial charge in [-0.25, -0.2) is 0 Å². The minimum absolute atomic E-state index is 0.0609. The van der Waals surface area contributed by atoms with Gasteiger partial charge in [0.15, 0.2) is 0 Å². The van der Waals surface area contributed by atoms with E-state index in [1.807, 2.05) is 62.4 Å². The van der Waals surface area contributed by atoms with Gasteiger partial charge in [-0.1, -0.05) is 36.4 Å². The molecule has 1 N–H and O–H groups in total. The van der Waals surface area contributed by atoms with Gasteiger partial charge in [-0.2, -0.15) is 0 Å². The predicted molar refractivity (Wildman–Crippen MR) is 144 cm³/mol. The van der Waals surface area contributed by atoms with Gasteiger partial charge in [0.1, 0.15) is 11.5 Å². The Labute approximate surface area is 212 Å². The molecule has 1 heterocycles. The van der Waals surface area contributed by atoms with E-state index in [-0.39, 0.29) is 11.3 Å². The fourth-order valence-corrected chi connectivity index (χ4v) is 4.70. The number of hydrogen-bond acceptors (Lipinski definition) is 5. The SMILES string of the molecule is CCOc1cccc(/C(O)=C2\C(=O)C(=O)N(c3cccc(C)c3)C2c2ccc(N(CC)CC)cc2)c1. The van der Waals surface area contributed by atoms with E-state index in [9.17, 15) is 14.7 Å². The fourth-order valence-electron chi connectivity index (χ4n) is 4.70. The van der Waals surface area contributed by atoms with Crippen LogP contribution in [0.25, 0.3) is 5.76 Å². The van der Waals surface area contributed by atoms with Crippen molar-refractivity contribution in [1.29, 1.82) is 0 Å². The molecule has 6 heteroatoms. The van der Waals surface area contributed by atoms with Crippen LogP contribution in [0.3, 0.4) is 0 Å². The molecule has 1 unspecified atom stereocenters. The number of aliphatic hydroxyl groups is 1. The van der Waals surface area contributed by atoms with Gasteiger partial charge in [0.25, 0.3) is 11.7 Å². The molecular formula is C30H32N2O4. The Morgan fingerprint density at radius 2 is 1.64 bits per heavy atom. The molecule has 3 aromatic rings. The number of ketones is 1. The highest BCUT2D eigenvalue weighted by Gasteiger charge is 2.47. The molecule has 1 aliphatic rings. The average molecular weight is 485 g/mol. The maximum atomic E-state index is 13.4. The van der Waals surface area contributed by atoms with E-state index in [4.69, 9.17) is 4.74 Å². The summed E-state index contributed by atoms with van der Waals surface area (Å²) in [6, 6.07) is 21.5. The highest BCUT2D eigenvalue weighted by molar-refractivity contribution is 6.51. The third-order valence-corrected chi connectivity index (χ3v) is 6.48. The lowest BCUT2D eigenvalue weighted by Crippen LogP contribution is -2.29. The summed E-state index contributed by atoms with van der Waals surface area (Å²) in [5.74, 6) is -1.02. The van der Waals surface area contributed by atoms with E-state index >= 15 is 0 Å². The maximum absolute atomic E-state index is 13.4. The van der Waals surface area contributed by atoms with E-state index in [2.05, 4.69) is 18.7 Å². The maximum Gasteiger partial charge on any atom is 0.300 e. The molecule has 0 radical (unpaired) electrons. The van der Waals surface area contributed by atoms with Crippen molar-refractivity contribution >= 4 is 28.8 Å². The largest absolute Gasteiger partial charge is 0.507 e. The fraction of sp³-hybridized carbons (Fsp3) is 0.267. The van der Waals surface area contributed by atoms with Gasteiger partial charge in [-0.15, -0.1) is 0 Å². The Balaban J connectivity index is 1.89.